The summed E-state index contributed by atoms with van der Waals surface area (Å²) >= 11 is 0. The lowest BCUT2D eigenvalue weighted by atomic mass is 10.1. The van der Waals surface area contributed by atoms with E-state index in [0.717, 1.165) is 6.07 Å². The van der Waals surface area contributed by atoms with Gasteiger partial charge in [0, 0.05) is 44.2 Å². The lowest BCUT2D eigenvalue weighted by Gasteiger charge is -2.37. The molecule has 30 heavy (non-hydrogen) atoms. The second-order valence-corrected chi connectivity index (χ2v) is 6.91. The summed E-state index contributed by atoms with van der Waals surface area (Å²) in [5, 5.41) is 15.8. The van der Waals surface area contributed by atoms with Crippen molar-refractivity contribution in [2.75, 3.05) is 23.3 Å². The number of amides is 1. The first-order valence-corrected chi connectivity index (χ1v) is 8.98. The summed E-state index contributed by atoms with van der Waals surface area (Å²) in [5.74, 6) is -0.548. The molecule has 0 saturated carbocycles. The molecule has 1 fully saturated rings. The predicted molar refractivity (Wildman–Crippen MR) is 102 cm³/mol. The molecule has 11 heteroatoms. The van der Waals surface area contributed by atoms with Crippen LogP contribution in [0.25, 0.3) is 11.3 Å². The lowest BCUT2D eigenvalue weighted by molar-refractivity contribution is -0.137. The molecule has 3 aromatic heterocycles. The van der Waals surface area contributed by atoms with Crippen LogP contribution in [0.4, 0.5) is 24.7 Å². The first-order valence-electron chi connectivity index (χ1n) is 8.98. The van der Waals surface area contributed by atoms with Gasteiger partial charge >= 0.3 is 6.18 Å². The molecular weight excluding hydrogens is 401 g/mol. The normalized spacial score (nSPS) is 14.5. The Morgan fingerprint density at radius 3 is 2.67 bits per heavy atom. The first kappa shape index (κ1) is 19.8. The fourth-order valence-electron chi connectivity index (χ4n) is 3.05. The number of aliphatic hydroxyl groups is 1. The van der Waals surface area contributed by atoms with E-state index in [1.807, 2.05) is 0 Å². The zero-order valence-corrected chi connectivity index (χ0v) is 15.8. The number of nitrogens with zero attached hydrogens (tertiary/aromatic N) is 5. The second-order valence-electron chi connectivity index (χ2n) is 6.91. The van der Waals surface area contributed by atoms with Gasteiger partial charge in [-0.1, -0.05) is 6.07 Å². The number of nitrogens with one attached hydrogen (secondary N) is 1. The first-order chi connectivity index (χ1) is 14.2. The Morgan fingerprint density at radius 2 is 2.03 bits per heavy atom. The Labute approximate surface area is 169 Å². The lowest BCUT2D eigenvalue weighted by Crippen LogP contribution is -2.51. The van der Waals surface area contributed by atoms with Gasteiger partial charge in [-0.3, -0.25) is 9.48 Å². The molecule has 4 rings (SSSR count). The van der Waals surface area contributed by atoms with Crippen molar-refractivity contribution in [1.29, 1.82) is 0 Å². The van der Waals surface area contributed by atoms with Crippen molar-refractivity contribution in [2.24, 2.45) is 7.05 Å². The quantitative estimate of drug-likeness (QED) is 0.675. The Hall–Kier alpha value is -3.47. The number of carbonyl (C=O) groups is 1. The molecule has 1 aliphatic heterocycles. The van der Waals surface area contributed by atoms with E-state index in [2.05, 4.69) is 20.4 Å². The molecule has 0 atom stereocenters. The summed E-state index contributed by atoms with van der Waals surface area (Å²) in [6.07, 6.45) is -1.29. The van der Waals surface area contributed by atoms with E-state index in [1.54, 1.807) is 41.2 Å². The molecule has 1 saturated heterocycles. The number of aliphatic hydroxyl groups excluding tert-OH is 1. The van der Waals surface area contributed by atoms with Crippen molar-refractivity contribution in [1.82, 2.24) is 19.7 Å². The number of hydrogen-bond donors (Lipinski definition) is 2. The van der Waals surface area contributed by atoms with Crippen LogP contribution >= 0.6 is 0 Å². The minimum atomic E-state index is -4.70. The van der Waals surface area contributed by atoms with Gasteiger partial charge in [-0.15, -0.1) is 0 Å². The fourth-order valence-corrected chi connectivity index (χ4v) is 3.05. The Morgan fingerprint density at radius 1 is 1.27 bits per heavy atom. The third kappa shape index (κ3) is 3.96. The standard InChI is InChI=1S/C19H17F3N6O2/c1-27-8-11(6-24-27)14-3-2-4-15(25-14)18(30)26-16-5-17(28-9-12(29)10-28)23-7-13(16)19(20,21)22/h2-8,12,29H,9-10H2,1H3,(H,23,26,30). The van der Waals surface area contributed by atoms with Crippen LogP contribution in [0.1, 0.15) is 16.1 Å². The minimum absolute atomic E-state index is 0.0396. The van der Waals surface area contributed by atoms with Gasteiger partial charge in [0.2, 0.25) is 0 Å². The van der Waals surface area contributed by atoms with E-state index in [0.29, 0.717) is 17.5 Å². The molecule has 0 spiro atoms. The molecule has 3 aromatic rings. The summed E-state index contributed by atoms with van der Waals surface area (Å²) in [6.45, 7) is 0.529. The number of carbonyl (C=O) groups excluding carboxylic acids is 1. The third-order valence-electron chi connectivity index (χ3n) is 4.61. The molecule has 8 nitrogen and oxygen atoms in total. The molecule has 0 unspecified atom stereocenters. The number of anilines is 2. The number of rotatable bonds is 4. The van der Waals surface area contributed by atoms with Gasteiger partial charge in [-0.25, -0.2) is 9.97 Å². The highest BCUT2D eigenvalue weighted by Crippen LogP contribution is 2.36. The molecule has 1 amide bonds. The number of alkyl halides is 3. The highest BCUT2D eigenvalue weighted by atomic mass is 19.4. The van der Waals surface area contributed by atoms with E-state index >= 15 is 0 Å². The molecule has 0 bridgehead atoms. The van der Waals surface area contributed by atoms with Crippen LogP contribution in [-0.4, -0.2) is 50.0 Å². The van der Waals surface area contributed by atoms with E-state index < -0.39 is 29.4 Å². The molecule has 156 valence electrons. The van der Waals surface area contributed by atoms with Crippen molar-refractivity contribution in [3.63, 3.8) is 0 Å². The van der Waals surface area contributed by atoms with Crippen molar-refractivity contribution in [3.8, 4) is 11.3 Å². The average molecular weight is 418 g/mol. The third-order valence-corrected chi connectivity index (χ3v) is 4.61. The number of β-amino-alcohol motifs (C(OH)–C–C–N with tert-alkyl or cyclic N) is 1. The minimum Gasteiger partial charge on any atom is -0.389 e. The number of halogens is 3. The van der Waals surface area contributed by atoms with E-state index in [9.17, 15) is 23.1 Å². The Bertz CT molecular complexity index is 1090. The van der Waals surface area contributed by atoms with Gasteiger partial charge < -0.3 is 15.3 Å². The van der Waals surface area contributed by atoms with Crippen molar-refractivity contribution in [3.05, 3.63) is 54.1 Å². The summed E-state index contributed by atoms with van der Waals surface area (Å²) in [4.78, 5) is 22.3. The second kappa shape index (κ2) is 7.41. The maximum Gasteiger partial charge on any atom is 0.419 e. The largest absolute Gasteiger partial charge is 0.419 e. The Balaban J connectivity index is 1.63. The molecule has 0 aromatic carbocycles. The fraction of sp³-hybridized carbons (Fsp3) is 0.263. The highest BCUT2D eigenvalue weighted by molar-refractivity contribution is 6.03. The van der Waals surface area contributed by atoms with Crippen LogP contribution < -0.4 is 10.2 Å². The molecule has 2 N–H and O–H groups in total. The van der Waals surface area contributed by atoms with Gasteiger partial charge in [0.25, 0.3) is 5.91 Å². The van der Waals surface area contributed by atoms with Gasteiger partial charge in [-0.2, -0.15) is 18.3 Å². The van der Waals surface area contributed by atoms with Crippen LogP contribution in [0, 0.1) is 0 Å². The SMILES string of the molecule is Cn1cc(-c2cccc(C(=O)Nc3cc(N4CC(O)C4)ncc3C(F)(F)F)n2)cn1. The maximum absolute atomic E-state index is 13.4. The van der Waals surface area contributed by atoms with Gasteiger partial charge in [0.05, 0.1) is 29.2 Å². The van der Waals surface area contributed by atoms with Gasteiger partial charge in [-0.05, 0) is 12.1 Å². The van der Waals surface area contributed by atoms with Crippen molar-refractivity contribution >= 4 is 17.4 Å². The summed E-state index contributed by atoms with van der Waals surface area (Å²) in [6, 6.07) is 5.83. The molecule has 0 aliphatic carbocycles. The van der Waals surface area contributed by atoms with Crippen LogP contribution in [0.5, 0.6) is 0 Å². The van der Waals surface area contributed by atoms with E-state index in [4.69, 9.17) is 0 Å². The van der Waals surface area contributed by atoms with Crippen molar-refractivity contribution in [2.45, 2.75) is 12.3 Å². The van der Waals surface area contributed by atoms with Crippen LogP contribution in [-0.2, 0) is 13.2 Å². The van der Waals surface area contributed by atoms with E-state index in [-0.39, 0.29) is 24.6 Å². The smallest absolute Gasteiger partial charge is 0.389 e. The zero-order valence-electron chi connectivity index (χ0n) is 15.8. The summed E-state index contributed by atoms with van der Waals surface area (Å²) in [5.41, 5.74) is -0.388. The maximum atomic E-state index is 13.4. The van der Waals surface area contributed by atoms with E-state index in [1.165, 1.54) is 6.07 Å². The van der Waals surface area contributed by atoms with Crippen LogP contribution in [0.15, 0.2) is 42.9 Å². The number of aryl methyl sites for hydroxylation is 1. The van der Waals surface area contributed by atoms with Gasteiger partial charge in [0.15, 0.2) is 0 Å². The van der Waals surface area contributed by atoms with Crippen LogP contribution in [0.3, 0.4) is 0 Å². The number of pyridine rings is 2. The monoisotopic (exact) mass is 418 g/mol. The number of hydrogen-bond acceptors (Lipinski definition) is 6. The average Bonchev–Trinajstić information content (AvgIpc) is 3.11. The predicted octanol–water partition coefficient (Wildman–Crippen LogP) is 2.33. The summed E-state index contributed by atoms with van der Waals surface area (Å²) in [7, 11) is 1.73. The van der Waals surface area contributed by atoms with Crippen molar-refractivity contribution < 1.29 is 23.1 Å². The molecule has 1 aliphatic rings. The van der Waals surface area contributed by atoms with Crippen LogP contribution in [0.2, 0.25) is 0 Å². The zero-order chi connectivity index (χ0) is 21.5. The molecule has 4 heterocycles. The summed E-state index contributed by atoms with van der Waals surface area (Å²) < 4.78 is 41.8. The van der Waals surface area contributed by atoms with Gasteiger partial charge in [0.1, 0.15) is 11.5 Å². The Kier molecular flexibility index (Phi) is 4.90. The molecule has 0 radical (unpaired) electrons. The molecular formula is C19H17F3N6O2. The topological polar surface area (TPSA) is 96.2 Å². The number of aromatic nitrogens is 4. The highest BCUT2D eigenvalue weighted by Gasteiger charge is 2.36.